The summed E-state index contributed by atoms with van der Waals surface area (Å²) in [6.45, 7) is 0. The predicted octanol–water partition coefficient (Wildman–Crippen LogP) is 0.485. The van der Waals surface area contributed by atoms with Crippen LogP contribution in [0.4, 0.5) is 0 Å². The van der Waals surface area contributed by atoms with Crippen LogP contribution in [0.5, 0.6) is 0 Å². The summed E-state index contributed by atoms with van der Waals surface area (Å²) >= 11 is 0. The van der Waals surface area contributed by atoms with E-state index < -0.39 is 21.6 Å². The van der Waals surface area contributed by atoms with Gasteiger partial charge in [-0.2, -0.15) is 0 Å². The molecular weight excluding hydrogens is 220 g/mol. The minimum Gasteiger partial charge on any atom is -0.298 e. The molecule has 1 aromatic rings. The Morgan fingerprint density at radius 3 is 1.79 bits per heavy atom. The van der Waals surface area contributed by atoms with Gasteiger partial charge in [0.25, 0.3) is 0 Å². The Hall–Kier alpha value is -0.810. The van der Waals surface area contributed by atoms with Gasteiger partial charge in [-0.15, -0.1) is 0 Å². The Morgan fingerprint density at radius 1 is 0.929 bits per heavy atom. The van der Waals surface area contributed by atoms with Crippen molar-refractivity contribution < 1.29 is 13.2 Å². The van der Waals surface area contributed by atoms with Crippen molar-refractivity contribution >= 4 is 27.4 Å². The molecule has 0 N–H and O–H groups in total. The fourth-order valence-electron chi connectivity index (χ4n) is 1.32. The number of fused-ring (bicyclic) bond motifs is 1. The summed E-state index contributed by atoms with van der Waals surface area (Å²) in [6.07, 6.45) is 0. The third-order valence-corrected chi connectivity index (χ3v) is 4.91. The Balaban J connectivity index is 2.59. The summed E-state index contributed by atoms with van der Waals surface area (Å²) in [5, 5.41) is 0. The molecule has 0 radical (unpaired) electrons. The average Bonchev–Trinajstić information content (AvgIpc) is 2.26. The maximum Gasteiger partial charge on any atom is 0.158 e. The van der Waals surface area contributed by atoms with Crippen molar-refractivity contribution in [1.82, 2.24) is 0 Å². The number of rotatable bonds is 0. The largest absolute Gasteiger partial charge is 0.298 e. The number of hydrogen-bond donors (Lipinski definition) is 0. The topological polar surface area (TPSA) is 51.2 Å². The lowest BCUT2D eigenvalue weighted by atomic mass is 10.4. The third-order valence-electron chi connectivity index (χ3n) is 1.92. The van der Waals surface area contributed by atoms with Crippen LogP contribution < -0.4 is 0 Å². The van der Waals surface area contributed by atoms with Crippen molar-refractivity contribution in [3.8, 4) is 0 Å². The molecule has 1 aliphatic rings. The first-order valence-corrected chi connectivity index (χ1v) is 6.70. The number of hydrogen-bond acceptors (Lipinski definition) is 3. The molecule has 0 aromatic heterocycles. The monoisotopic (exact) mass is 228 g/mol. The maximum absolute atomic E-state index is 11.6. The summed E-state index contributed by atoms with van der Waals surface area (Å²) in [6, 6.07) is 6.82. The number of carbonyl (C=O) groups is 1. The molecule has 3 nitrogen and oxygen atoms in total. The first kappa shape index (κ1) is 9.73. The molecule has 0 fully saturated rings. The summed E-state index contributed by atoms with van der Waals surface area (Å²) in [7, 11) is -2.65. The third kappa shape index (κ3) is 1.69. The normalized spacial score (nSPS) is 26.7. The fraction of sp³-hybridized carbons (Fsp3) is 0.222. The van der Waals surface area contributed by atoms with E-state index in [1.54, 1.807) is 24.3 Å². The van der Waals surface area contributed by atoms with Gasteiger partial charge in [-0.1, -0.05) is 12.1 Å². The zero-order chi connectivity index (χ0) is 10.1. The van der Waals surface area contributed by atoms with Crippen LogP contribution in [-0.4, -0.2) is 25.7 Å². The predicted molar refractivity (Wildman–Crippen MR) is 54.0 cm³/mol. The Kier molecular flexibility index (Phi) is 2.60. The molecule has 14 heavy (non-hydrogen) atoms. The van der Waals surface area contributed by atoms with E-state index >= 15 is 0 Å². The Bertz CT molecular complexity index is 400. The number of Topliss-reactive ketones (excluding diaryl/α,β-unsaturated/α-hetero) is 1. The zero-order valence-electron chi connectivity index (χ0n) is 7.26. The second-order valence-electron chi connectivity index (χ2n) is 2.97. The van der Waals surface area contributed by atoms with Crippen LogP contribution in [0.25, 0.3) is 0 Å². The molecule has 1 aliphatic heterocycles. The summed E-state index contributed by atoms with van der Waals surface area (Å²) < 4.78 is 23.2. The van der Waals surface area contributed by atoms with Crippen LogP contribution >= 0.6 is 0 Å². The Labute approximate surface area is 86.4 Å². The summed E-state index contributed by atoms with van der Waals surface area (Å²) in [5.74, 6) is -0.219. The van der Waals surface area contributed by atoms with Crippen LogP contribution in [0, 0.1) is 0 Å². The standard InChI is InChI=1S/C9H8O3S2/c10-7-5-13(11)8-3-1-2-4-9(8)14(12)6-7/h1-4H,5-6H2/t13-,14-/m0/s1. The van der Waals surface area contributed by atoms with E-state index in [9.17, 15) is 13.2 Å². The van der Waals surface area contributed by atoms with E-state index in [1.165, 1.54) is 0 Å². The van der Waals surface area contributed by atoms with Crippen molar-refractivity contribution in [1.29, 1.82) is 0 Å². The molecule has 1 heterocycles. The molecule has 1 aromatic carbocycles. The molecule has 0 aliphatic carbocycles. The van der Waals surface area contributed by atoms with Crippen LogP contribution in [0.3, 0.4) is 0 Å². The first-order chi connectivity index (χ1) is 6.68. The lowest BCUT2D eigenvalue weighted by molar-refractivity contribution is -0.114. The van der Waals surface area contributed by atoms with Gasteiger partial charge in [0.15, 0.2) is 5.78 Å². The molecule has 74 valence electrons. The van der Waals surface area contributed by atoms with Gasteiger partial charge >= 0.3 is 0 Å². The van der Waals surface area contributed by atoms with E-state index in [4.69, 9.17) is 0 Å². The van der Waals surface area contributed by atoms with E-state index in [1.807, 2.05) is 0 Å². The molecule has 0 bridgehead atoms. The quantitative estimate of drug-likeness (QED) is 0.649. The highest BCUT2D eigenvalue weighted by Gasteiger charge is 2.23. The molecule has 0 unspecified atom stereocenters. The Morgan fingerprint density at radius 2 is 1.36 bits per heavy atom. The van der Waals surface area contributed by atoms with Gasteiger partial charge in [0.1, 0.15) is 0 Å². The van der Waals surface area contributed by atoms with Crippen molar-refractivity contribution in [2.75, 3.05) is 11.5 Å². The van der Waals surface area contributed by atoms with Crippen LogP contribution in [-0.2, 0) is 26.4 Å². The maximum atomic E-state index is 11.6. The number of benzene rings is 1. The minimum absolute atomic E-state index is 0.0112. The SMILES string of the molecule is O=C1C[S@](=O)c2ccccc2[S@@](=O)C1. The van der Waals surface area contributed by atoms with E-state index in [0.29, 0.717) is 9.79 Å². The van der Waals surface area contributed by atoms with Gasteiger partial charge in [-0.25, -0.2) is 0 Å². The highest BCUT2D eigenvalue weighted by Crippen LogP contribution is 2.20. The van der Waals surface area contributed by atoms with Crippen molar-refractivity contribution in [2.45, 2.75) is 9.79 Å². The van der Waals surface area contributed by atoms with Crippen LogP contribution in [0.2, 0.25) is 0 Å². The smallest absolute Gasteiger partial charge is 0.158 e. The van der Waals surface area contributed by atoms with Gasteiger partial charge in [0.05, 0.1) is 42.9 Å². The van der Waals surface area contributed by atoms with Crippen molar-refractivity contribution in [2.24, 2.45) is 0 Å². The second kappa shape index (κ2) is 3.74. The molecule has 0 saturated heterocycles. The van der Waals surface area contributed by atoms with Crippen molar-refractivity contribution in [3.05, 3.63) is 24.3 Å². The molecule has 2 atom stereocenters. The average molecular weight is 228 g/mol. The van der Waals surface area contributed by atoms with Crippen molar-refractivity contribution in [3.63, 3.8) is 0 Å². The first-order valence-electron chi connectivity index (χ1n) is 4.06. The summed E-state index contributed by atoms with van der Waals surface area (Å²) in [4.78, 5) is 12.3. The number of ketones is 1. The van der Waals surface area contributed by atoms with E-state index in [-0.39, 0.29) is 17.3 Å². The van der Waals surface area contributed by atoms with Crippen LogP contribution in [0.15, 0.2) is 34.1 Å². The highest BCUT2D eigenvalue weighted by molar-refractivity contribution is 7.90. The van der Waals surface area contributed by atoms with Gasteiger partial charge in [-0.3, -0.25) is 13.2 Å². The molecule has 0 spiro atoms. The fourth-order valence-corrected chi connectivity index (χ4v) is 4.15. The molecular formula is C9H8O3S2. The van der Waals surface area contributed by atoms with Gasteiger partial charge in [0, 0.05) is 0 Å². The number of carbonyl (C=O) groups excluding carboxylic acids is 1. The van der Waals surface area contributed by atoms with Gasteiger partial charge in [-0.05, 0) is 12.1 Å². The lowest BCUT2D eigenvalue weighted by Gasteiger charge is -2.01. The highest BCUT2D eigenvalue weighted by atomic mass is 32.2. The molecule has 2 rings (SSSR count). The minimum atomic E-state index is -1.33. The second-order valence-corrected chi connectivity index (χ2v) is 5.80. The molecule has 0 saturated carbocycles. The lowest BCUT2D eigenvalue weighted by Crippen LogP contribution is -2.13. The molecule has 5 heteroatoms. The van der Waals surface area contributed by atoms with E-state index in [0.717, 1.165) is 0 Å². The van der Waals surface area contributed by atoms with E-state index in [2.05, 4.69) is 0 Å². The molecule has 0 amide bonds. The van der Waals surface area contributed by atoms with Crippen LogP contribution in [0.1, 0.15) is 0 Å². The zero-order valence-corrected chi connectivity index (χ0v) is 8.90. The summed E-state index contributed by atoms with van der Waals surface area (Å²) in [5.41, 5.74) is 0. The van der Waals surface area contributed by atoms with Gasteiger partial charge < -0.3 is 0 Å². The van der Waals surface area contributed by atoms with Gasteiger partial charge in [0.2, 0.25) is 0 Å².